The van der Waals surface area contributed by atoms with E-state index in [1.54, 1.807) is 25.3 Å². The minimum absolute atomic E-state index is 0.159. The van der Waals surface area contributed by atoms with Crippen molar-refractivity contribution in [2.24, 2.45) is 0 Å². The lowest BCUT2D eigenvalue weighted by Crippen LogP contribution is -1.94. The van der Waals surface area contributed by atoms with E-state index in [1.165, 1.54) is 0 Å². The lowest BCUT2D eigenvalue weighted by atomic mass is 10.2. The Kier molecular flexibility index (Phi) is 4.91. The van der Waals surface area contributed by atoms with Gasteiger partial charge in [0, 0.05) is 11.6 Å². The second-order valence-corrected chi connectivity index (χ2v) is 4.79. The summed E-state index contributed by atoms with van der Waals surface area (Å²) in [6.07, 6.45) is 0. The molecule has 0 amide bonds. The van der Waals surface area contributed by atoms with Crippen LogP contribution in [0.25, 0.3) is 0 Å². The highest BCUT2D eigenvalue weighted by atomic mass is 79.9. The number of halogens is 1. The van der Waals surface area contributed by atoms with Crippen LogP contribution in [0.5, 0.6) is 17.2 Å². The van der Waals surface area contributed by atoms with E-state index in [4.69, 9.17) is 9.47 Å². The van der Waals surface area contributed by atoms with E-state index in [2.05, 4.69) is 27.8 Å². The maximum atomic E-state index is 9.37. The maximum absolute atomic E-state index is 9.37. The van der Waals surface area contributed by atoms with Crippen molar-refractivity contribution in [3.05, 3.63) is 52.5 Å². The third-order valence-corrected chi connectivity index (χ3v) is 3.19. The first-order valence-electron chi connectivity index (χ1n) is 5.93. The molecule has 2 aromatic carbocycles. The summed E-state index contributed by atoms with van der Waals surface area (Å²) in [4.78, 5) is 0. The van der Waals surface area contributed by atoms with E-state index in [1.807, 2.05) is 24.3 Å². The molecule has 0 fully saturated rings. The largest absolute Gasteiger partial charge is 0.508 e. The van der Waals surface area contributed by atoms with E-state index in [-0.39, 0.29) is 12.4 Å². The van der Waals surface area contributed by atoms with Crippen LogP contribution in [-0.2, 0) is 0 Å². The van der Waals surface area contributed by atoms with Crippen molar-refractivity contribution < 1.29 is 14.6 Å². The van der Waals surface area contributed by atoms with Gasteiger partial charge in [0.2, 0.25) is 0 Å². The molecule has 4 heteroatoms. The highest BCUT2D eigenvalue weighted by molar-refractivity contribution is 9.10. The van der Waals surface area contributed by atoms with Gasteiger partial charge in [0.1, 0.15) is 23.9 Å². The van der Waals surface area contributed by atoms with Crippen LogP contribution < -0.4 is 9.47 Å². The summed E-state index contributed by atoms with van der Waals surface area (Å²) in [5.41, 5.74) is 0.893. The molecule has 0 atom stereocenters. The Balaban J connectivity index is 1.95. The van der Waals surface area contributed by atoms with Gasteiger partial charge in [-0.05, 0) is 52.3 Å². The summed E-state index contributed by atoms with van der Waals surface area (Å²) in [6.45, 7) is 0.244. The molecule has 0 heterocycles. The first-order chi connectivity index (χ1) is 9.69. The average Bonchev–Trinajstić information content (AvgIpc) is 2.47. The summed E-state index contributed by atoms with van der Waals surface area (Å²) in [6, 6.07) is 12.3. The van der Waals surface area contributed by atoms with Crippen LogP contribution in [0, 0.1) is 11.8 Å². The normalized spacial score (nSPS) is 9.50. The fourth-order valence-corrected chi connectivity index (χ4v) is 1.89. The average molecular weight is 333 g/mol. The highest BCUT2D eigenvalue weighted by Gasteiger charge is 2.00. The van der Waals surface area contributed by atoms with Gasteiger partial charge in [0.25, 0.3) is 0 Å². The van der Waals surface area contributed by atoms with E-state index < -0.39 is 0 Å². The second kappa shape index (κ2) is 6.88. The molecule has 0 saturated heterocycles. The predicted molar refractivity (Wildman–Crippen MR) is 81.2 cm³/mol. The first kappa shape index (κ1) is 14.3. The van der Waals surface area contributed by atoms with Gasteiger partial charge in [-0.2, -0.15) is 0 Å². The first-order valence-corrected chi connectivity index (χ1v) is 6.72. The molecular weight excluding hydrogens is 320 g/mol. The number of phenolic OH excluding ortho intramolecular Hbond substituents is 1. The van der Waals surface area contributed by atoms with Crippen LogP contribution in [0.3, 0.4) is 0 Å². The lowest BCUT2D eigenvalue weighted by molar-refractivity contribution is 0.364. The van der Waals surface area contributed by atoms with Crippen molar-refractivity contribution in [1.29, 1.82) is 0 Å². The Morgan fingerprint density at radius 1 is 1.15 bits per heavy atom. The summed E-state index contributed by atoms with van der Waals surface area (Å²) in [7, 11) is 1.63. The number of hydrogen-bond acceptors (Lipinski definition) is 3. The van der Waals surface area contributed by atoms with Gasteiger partial charge in [-0.3, -0.25) is 0 Å². The fraction of sp³-hybridized carbons (Fsp3) is 0.125. The molecule has 0 aliphatic rings. The Hall–Kier alpha value is -2.12. The molecule has 0 unspecified atom stereocenters. The molecule has 3 nitrogen and oxygen atoms in total. The van der Waals surface area contributed by atoms with Crippen LogP contribution in [0.15, 0.2) is 46.9 Å². The van der Waals surface area contributed by atoms with Crippen LogP contribution in [0.4, 0.5) is 0 Å². The molecule has 0 radical (unpaired) electrons. The van der Waals surface area contributed by atoms with Crippen molar-refractivity contribution in [2.75, 3.05) is 13.7 Å². The molecule has 0 bridgehead atoms. The van der Waals surface area contributed by atoms with E-state index in [9.17, 15) is 5.11 Å². The minimum atomic E-state index is 0.159. The standard InChI is InChI=1S/C16H13BrO3/c1-19-14-7-4-12(5-8-14)3-2-10-20-16-11-13(18)6-9-15(16)17/h4-9,11,18H,10H2,1H3. The van der Waals surface area contributed by atoms with Crippen molar-refractivity contribution in [2.45, 2.75) is 0 Å². The summed E-state index contributed by atoms with van der Waals surface area (Å²) < 4.78 is 11.3. The Bertz CT molecular complexity index is 639. The molecule has 0 aromatic heterocycles. The zero-order chi connectivity index (χ0) is 14.4. The number of phenols is 1. The maximum Gasteiger partial charge on any atom is 0.149 e. The zero-order valence-electron chi connectivity index (χ0n) is 10.9. The van der Waals surface area contributed by atoms with Gasteiger partial charge in [-0.15, -0.1) is 0 Å². The van der Waals surface area contributed by atoms with Gasteiger partial charge >= 0.3 is 0 Å². The molecule has 20 heavy (non-hydrogen) atoms. The summed E-state index contributed by atoms with van der Waals surface area (Å²) >= 11 is 3.35. The topological polar surface area (TPSA) is 38.7 Å². The number of rotatable bonds is 3. The van der Waals surface area contributed by atoms with Gasteiger partial charge in [-0.1, -0.05) is 11.8 Å². The smallest absolute Gasteiger partial charge is 0.149 e. The van der Waals surface area contributed by atoms with Gasteiger partial charge in [0.15, 0.2) is 0 Å². The van der Waals surface area contributed by atoms with Crippen LogP contribution in [0.1, 0.15) is 5.56 Å². The second-order valence-electron chi connectivity index (χ2n) is 3.93. The summed E-state index contributed by atoms with van der Waals surface area (Å²) in [5.74, 6) is 7.43. The number of benzene rings is 2. The van der Waals surface area contributed by atoms with E-state index >= 15 is 0 Å². The predicted octanol–water partition coefficient (Wildman–Crippen LogP) is 3.59. The number of methoxy groups -OCH3 is 1. The van der Waals surface area contributed by atoms with Gasteiger partial charge < -0.3 is 14.6 Å². The van der Waals surface area contributed by atoms with Crippen molar-refractivity contribution in [3.63, 3.8) is 0 Å². The quantitative estimate of drug-likeness (QED) is 0.873. The lowest BCUT2D eigenvalue weighted by Gasteiger charge is -2.04. The molecule has 1 N–H and O–H groups in total. The molecule has 0 aliphatic carbocycles. The highest BCUT2D eigenvalue weighted by Crippen LogP contribution is 2.28. The minimum Gasteiger partial charge on any atom is -0.508 e. The Morgan fingerprint density at radius 2 is 1.90 bits per heavy atom. The Labute approximate surface area is 126 Å². The molecule has 0 spiro atoms. The van der Waals surface area contributed by atoms with Crippen LogP contribution >= 0.6 is 15.9 Å². The van der Waals surface area contributed by atoms with E-state index in [0.717, 1.165) is 15.8 Å². The van der Waals surface area contributed by atoms with E-state index in [0.29, 0.717) is 5.75 Å². The number of aromatic hydroxyl groups is 1. The van der Waals surface area contributed by atoms with Crippen molar-refractivity contribution in [3.8, 4) is 29.1 Å². The summed E-state index contributed by atoms with van der Waals surface area (Å²) in [5, 5.41) is 9.37. The van der Waals surface area contributed by atoms with Gasteiger partial charge in [-0.25, -0.2) is 0 Å². The Morgan fingerprint density at radius 3 is 2.60 bits per heavy atom. The molecule has 0 saturated carbocycles. The van der Waals surface area contributed by atoms with Crippen LogP contribution in [0.2, 0.25) is 0 Å². The number of hydrogen-bond donors (Lipinski definition) is 1. The molecule has 0 aliphatic heterocycles. The van der Waals surface area contributed by atoms with Crippen molar-refractivity contribution in [1.82, 2.24) is 0 Å². The van der Waals surface area contributed by atoms with Gasteiger partial charge in [0.05, 0.1) is 11.6 Å². The zero-order valence-corrected chi connectivity index (χ0v) is 12.5. The molecule has 2 rings (SSSR count). The van der Waals surface area contributed by atoms with Crippen molar-refractivity contribution >= 4 is 15.9 Å². The molecule has 2 aromatic rings. The third kappa shape index (κ3) is 3.94. The number of ether oxygens (including phenoxy) is 2. The SMILES string of the molecule is COc1ccc(C#CCOc2cc(O)ccc2Br)cc1. The fourth-order valence-electron chi connectivity index (χ4n) is 1.53. The van der Waals surface area contributed by atoms with Crippen LogP contribution in [-0.4, -0.2) is 18.8 Å². The monoisotopic (exact) mass is 332 g/mol. The molecular formula is C16H13BrO3. The molecule has 102 valence electrons. The third-order valence-electron chi connectivity index (χ3n) is 2.54.